The summed E-state index contributed by atoms with van der Waals surface area (Å²) >= 11 is 0. The first-order valence-electron chi connectivity index (χ1n) is 5.62. The molecule has 2 nitrogen and oxygen atoms in total. The Kier molecular flexibility index (Phi) is 3.28. The maximum atomic E-state index is 12.7. The average Bonchev–Trinajstić information content (AvgIpc) is 2.29. The molecule has 0 aromatic heterocycles. The van der Waals surface area contributed by atoms with Gasteiger partial charge in [-0.2, -0.15) is 8.42 Å². The standard InChI is InChI=1S/C12H15FO2S/c13-16(14,15)12-8-6-11(7-9-12)10-4-2-1-3-5-10/h6-10H,1-5H2. The lowest BCUT2D eigenvalue weighted by atomic mass is 9.84. The zero-order chi connectivity index (χ0) is 11.6. The minimum Gasteiger partial charge on any atom is -0.189 e. The van der Waals surface area contributed by atoms with E-state index in [9.17, 15) is 12.3 Å². The SMILES string of the molecule is O=S(=O)(F)c1ccc(C2CCCCC2)cc1. The summed E-state index contributed by atoms with van der Waals surface area (Å²) in [5, 5.41) is 0. The summed E-state index contributed by atoms with van der Waals surface area (Å²) in [6, 6.07) is 6.20. The molecule has 16 heavy (non-hydrogen) atoms. The summed E-state index contributed by atoms with van der Waals surface area (Å²) in [7, 11) is -4.55. The summed E-state index contributed by atoms with van der Waals surface area (Å²) < 4.78 is 34.0. The van der Waals surface area contributed by atoms with Crippen molar-refractivity contribution in [3.05, 3.63) is 29.8 Å². The van der Waals surface area contributed by atoms with Gasteiger partial charge in [0, 0.05) is 0 Å². The highest BCUT2D eigenvalue weighted by Crippen LogP contribution is 2.32. The van der Waals surface area contributed by atoms with Crippen LogP contribution in [-0.4, -0.2) is 8.42 Å². The first-order valence-corrected chi connectivity index (χ1v) is 7.00. The molecule has 0 radical (unpaired) electrons. The highest BCUT2D eigenvalue weighted by Gasteiger charge is 2.17. The lowest BCUT2D eigenvalue weighted by molar-refractivity contribution is 0.443. The van der Waals surface area contributed by atoms with Crippen molar-refractivity contribution in [3.8, 4) is 0 Å². The maximum Gasteiger partial charge on any atom is 0.332 e. The Labute approximate surface area is 95.7 Å². The summed E-state index contributed by atoms with van der Waals surface area (Å²) in [5.41, 5.74) is 1.13. The fourth-order valence-electron chi connectivity index (χ4n) is 2.34. The van der Waals surface area contributed by atoms with Crippen molar-refractivity contribution in [2.24, 2.45) is 0 Å². The van der Waals surface area contributed by atoms with Gasteiger partial charge in [-0.25, -0.2) is 0 Å². The van der Waals surface area contributed by atoms with Gasteiger partial charge in [0.1, 0.15) is 0 Å². The van der Waals surface area contributed by atoms with Crippen molar-refractivity contribution in [1.29, 1.82) is 0 Å². The minimum atomic E-state index is -4.55. The normalized spacial score (nSPS) is 18.6. The van der Waals surface area contributed by atoms with E-state index < -0.39 is 10.2 Å². The van der Waals surface area contributed by atoms with E-state index in [2.05, 4.69) is 0 Å². The Morgan fingerprint density at radius 2 is 1.56 bits per heavy atom. The highest BCUT2D eigenvalue weighted by atomic mass is 32.3. The van der Waals surface area contributed by atoms with Crippen molar-refractivity contribution >= 4 is 10.2 Å². The Morgan fingerprint density at radius 3 is 2.06 bits per heavy atom. The van der Waals surface area contributed by atoms with Gasteiger partial charge < -0.3 is 0 Å². The largest absolute Gasteiger partial charge is 0.332 e. The molecule has 1 aromatic rings. The van der Waals surface area contributed by atoms with Crippen LogP contribution in [0.25, 0.3) is 0 Å². The molecule has 1 fully saturated rings. The minimum absolute atomic E-state index is 0.243. The van der Waals surface area contributed by atoms with E-state index in [1.54, 1.807) is 12.1 Å². The van der Waals surface area contributed by atoms with E-state index in [1.165, 1.54) is 31.4 Å². The van der Waals surface area contributed by atoms with Gasteiger partial charge in [0.05, 0.1) is 4.90 Å². The van der Waals surface area contributed by atoms with Crippen LogP contribution in [0.5, 0.6) is 0 Å². The van der Waals surface area contributed by atoms with Crippen molar-refractivity contribution in [2.75, 3.05) is 0 Å². The van der Waals surface area contributed by atoms with Crippen LogP contribution in [0.1, 0.15) is 43.6 Å². The van der Waals surface area contributed by atoms with Crippen LogP contribution in [0, 0.1) is 0 Å². The molecule has 0 spiro atoms. The van der Waals surface area contributed by atoms with Crippen LogP contribution < -0.4 is 0 Å². The second-order valence-electron chi connectivity index (χ2n) is 4.34. The van der Waals surface area contributed by atoms with Gasteiger partial charge in [-0.15, -0.1) is 3.89 Å². The Hall–Kier alpha value is -0.900. The zero-order valence-corrected chi connectivity index (χ0v) is 9.84. The van der Waals surface area contributed by atoms with Crippen LogP contribution in [-0.2, 0) is 10.2 Å². The first kappa shape index (κ1) is 11.6. The van der Waals surface area contributed by atoms with E-state index in [0.29, 0.717) is 5.92 Å². The van der Waals surface area contributed by atoms with Crippen molar-refractivity contribution in [1.82, 2.24) is 0 Å². The Bertz CT molecular complexity index is 444. The van der Waals surface area contributed by atoms with Gasteiger partial charge in [-0.05, 0) is 36.5 Å². The molecule has 0 aliphatic heterocycles. The summed E-state index contributed by atoms with van der Waals surface area (Å²) in [4.78, 5) is -0.243. The molecule has 1 aliphatic carbocycles. The number of hydrogen-bond donors (Lipinski definition) is 0. The van der Waals surface area contributed by atoms with Crippen LogP contribution in [0.3, 0.4) is 0 Å². The Balaban J connectivity index is 2.18. The maximum absolute atomic E-state index is 12.7. The first-order chi connectivity index (χ1) is 7.57. The monoisotopic (exact) mass is 242 g/mol. The molecule has 0 unspecified atom stereocenters. The van der Waals surface area contributed by atoms with Gasteiger partial charge in [0.25, 0.3) is 0 Å². The van der Waals surface area contributed by atoms with Gasteiger partial charge in [-0.1, -0.05) is 31.4 Å². The van der Waals surface area contributed by atoms with E-state index in [0.717, 1.165) is 18.4 Å². The van der Waals surface area contributed by atoms with Crippen LogP contribution in [0.15, 0.2) is 29.2 Å². The van der Waals surface area contributed by atoms with E-state index >= 15 is 0 Å². The van der Waals surface area contributed by atoms with Crippen LogP contribution in [0.4, 0.5) is 3.89 Å². The number of halogens is 1. The fourth-order valence-corrected chi connectivity index (χ4v) is 2.80. The lowest BCUT2D eigenvalue weighted by Gasteiger charge is -2.21. The van der Waals surface area contributed by atoms with E-state index in [1.807, 2.05) is 0 Å². The molecule has 4 heteroatoms. The second kappa shape index (κ2) is 4.53. The molecule has 1 aromatic carbocycles. The van der Waals surface area contributed by atoms with Gasteiger partial charge in [0.2, 0.25) is 0 Å². The second-order valence-corrected chi connectivity index (χ2v) is 5.69. The number of hydrogen-bond acceptors (Lipinski definition) is 2. The third kappa shape index (κ3) is 2.61. The molecule has 1 aliphatic rings. The van der Waals surface area contributed by atoms with Crippen molar-refractivity contribution in [2.45, 2.75) is 42.9 Å². The van der Waals surface area contributed by atoms with Gasteiger partial charge in [-0.3, -0.25) is 0 Å². The predicted molar refractivity (Wildman–Crippen MR) is 60.6 cm³/mol. The third-order valence-electron chi connectivity index (χ3n) is 3.24. The fraction of sp³-hybridized carbons (Fsp3) is 0.500. The molecular weight excluding hydrogens is 227 g/mol. The predicted octanol–water partition coefficient (Wildman–Crippen LogP) is 3.39. The van der Waals surface area contributed by atoms with E-state index in [4.69, 9.17) is 0 Å². The zero-order valence-electron chi connectivity index (χ0n) is 9.02. The molecule has 0 atom stereocenters. The van der Waals surface area contributed by atoms with Gasteiger partial charge in [0.15, 0.2) is 0 Å². The molecule has 0 heterocycles. The highest BCUT2D eigenvalue weighted by molar-refractivity contribution is 7.86. The molecule has 0 saturated heterocycles. The quantitative estimate of drug-likeness (QED) is 0.745. The molecule has 2 rings (SSSR count). The lowest BCUT2D eigenvalue weighted by Crippen LogP contribution is -2.04. The number of benzene rings is 1. The average molecular weight is 242 g/mol. The summed E-state index contributed by atoms with van der Waals surface area (Å²) in [5.74, 6) is 0.519. The van der Waals surface area contributed by atoms with Crippen LogP contribution in [0.2, 0.25) is 0 Å². The van der Waals surface area contributed by atoms with Crippen molar-refractivity contribution in [3.63, 3.8) is 0 Å². The van der Waals surface area contributed by atoms with Crippen LogP contribution >= 0.6 is 0 Å². The Morgan fingerprint density at radius 1 is 1.00 bits per heavy atom. The van der Waals surface area contributed by atoms with Gasteiger partial charge >= 0.3 is 10.2 Å². The van der Waals surface area contributed by atoms with E-state index in [-0.39, 0.29) is 4.90 Å². The molecule has 0 N–H and O–H groups in total. The third-order valence-corrected chi connectivity index (χ3v) is 4.07. The molecule has 1 saturated carbocycles. The van der Waals surface area contributed by atoms with Crippen molar-refractivity contribution < 1.29 is 12.3 Å². The molecule has 88 valence electrons. The smallest absolute Gasteiger partial charge is 0.189 e. The summed E-state index contributed by atoms with van der Waals surface area (Å²) in [6.07, 6.45) is 6.05. The molecular formula is C12H15FO2S. The molecule has 0 bridgehead atoms. The summed E-state index contributed by atoms with van der Waals surface area (Å²) in [6.45, 7) is 0. The number of rotatable bonds is 2. The topological polar surface area (TPSA) is 34.1 Å². The molecule has 0 amide bonds.